The van der Waals surface area contributed by atoms with E-state index in [2.05, 4.69) is 20.6 Å². The number of nitrogens with one attached hydrogen (secondary N) is 1. The van der Waals surface area contributed by atoms with Gasteiger partial charge in [-0.2, -0.15) is 0 Å². The van der Waals surface area contributed by atoms with Crippen LogP contribution in [0.5, 0.6) is 0 Å². The zero-order valence-corrected chi connectivity index (χ0v) is 12.9. The Bertz CT molecular complexity index is 856. The molecule has 2 aliphatic heterocycles. The summed E-state index contributed by atoms with van der Waals surface area (Å²) < 4.78 is 17.0. The van der Waals surface area contributed by atoms with Crippen LogP contribution < -0.4 is 5.53 Å². The van der Waals surface area contributed by atoms with Crippen molar-refractivity contribution in [2.75, 3.05) is 18.8 Å². The SMILES string of the molecule is CS(=O)CN1NN=C2C(c3nc4ccccc4o3)=NCN2C1=O. The van der Waals surface area contributed by atoms with Crippen molar-refractivity contribution in [3.63, 3.8) is 0 Å². The number of aliphatic imine (C=N–C) groups is 1. The second-order valence-electron chi connectivity index (χ2n) is 5.01. The molecule has 2 aliphatic rings. The maximum Gasteiger partial charge on any atom is 0.348 e. The van der Waals surface area contributed by atoms with Gasteiger partial charge in [-0.05, 0) is 12.1 Å². The second kappa shape index (κ2) is 5.16. The first-order chi connectivity index (χ1) is 11.1. The average Bonchev–Trinajstić information content (AvgIpc) is 3.13. The van der Waals surface area contributed by atoms with Gasteiger partial charge < -0.3 is 4.42 Å². The maximum atomic E-state index is 12.3. The van der Waals surface area contributed by atoms with Crippen LogP contribution in [0.15, 0.2) is 38.8 Å². The van der Waals surface area contributed by atoms with Crippen molar-refractivity contribution in [2.45, 2.75) is 0 Å². The van der Waals surface area contributed by atoms with Gasteiger partial charge in [-0.3, -0.25) is 14.1 Å². The molecule has 0 spiro atoms. The van der Waals surface area contributed by atoms with Crippen molar-refractivity contribution in [3.8, 4) is 0 Å². The number of oxazole rings is 1. The lowest BCUT2D eigenvalue weighted by Crippen LogP contribution is -2.56. The van der Waals surface area contributed by atoms with Gasteiger partial charge in [-0.25, -0.2) is 20.3 Å². The van der Waals surface area contributed by atoms with Crippen LogP contribution in [0.4, 0.5) is 4.79 Å². The number of hydrazine groups is 1. The minimum atomic E-state index is -1.17. The summed E-state index contributed by atoms with van der Waals surface area (Å²) in [5.41, 5.74) is 4.36. The summed E-state index contributed by atoms with van der Waals surface area (Å²) >= 11 is 0. The Morgan fingerprint density at radius 3 is 3.00 bits per heavy atom. The van der Waals surface area contributed by atoms with E-state index in [1.165, 1.54) is 16.2 Å². The maximum absolute atomic E-state index is 12.3. The van der Waals surface area contributed by atoms with E-state index in [-0.39, 0.29) is 18.6 Å². The van der Waals surface area contributed by atoms with Crippen molar-refractivity contribution in [1.82, 2.24) is 20.4 Å². The molecule has 1 aromatic carbocycles. The predicted molar refractivity (Wildman–Crippen MR) is 84.0 cm³/mol. The first-order valence-corrected chi connectivity index (χ1v) is 8.49. The summed E-state index contributed by atoms with van der Waals surface area (Å²) in [6, 6.07) is 7.00. The third-order valence-corrected chi connectivity index (χ3v) is 4.01. The number of hydrogen-bond donors (Lipinski definition) is 1. The molecular weight excluding hydrogens is 320 g/mol. The molecule has 2 aromatic rings. The second-order valence-corrected chi connectivity index (χ2v) is 6.42. The Morgan fingerprint density at radius 2 is 2.22 bits per heavy atom. The molecule has 10 heteroatoms. The number of para-hydroxylation sites is 2. The van der Waals surface area contributed by atoms with Crippen molar-refractivity contribution < 1.29 is 13.4 Å². The van der Waals surface area contributed by atoms with Crippen molar-refractivity contribution in [1.29, 1.82) is 0 Å². The molecule has 1 aromatic heterocycles. The van der Waals surface area contributed by atoms with Crippen LogP contribution in [0.3, 0.4) is 0 Å². The fourth-order valence-corrected chi connectivity index (χ4v) is 2.90. The van der Waals surface area contributed by atoms with E-state index in [1.54, 1.807) is 0 Å². The molecule has 0 aliphatic carbocycles. The van der Waals surface area contributed by atoms with Crippen molar-refractivity contribution in [3.05, 3.63) is 30.2 Å². The lowest BCUT2D eigenvalue weighted by molar-refractivity contribution is 0.155. The summed E-state index contributed by atoms with van der Waals surface area (Å²) in [5.74, 6) is 0.707. The van der Waals surface area contributed by atoms with E-state index in [1.807, 2.05) is 24.3 Å². The van der Waals surface area contributed by atoms with Crippen LogP contribution in [0.25, 0.3) is 11.1 Å². The summed E-state index contributed by atoms with van der Waals surface area (Å²) in [7, 11) is -1.17. The van der Waals surface area contributed by atoms with Gasteiger partial charge in [-0.1, -0.05) is 12.1 Å². The highest BCUT2D eigenvalue weighted by atomic mass is 32.2. The van der Waals surface area contributed by atoms with E-state index < -0.39 is 10.8 Å². The molecule has 0 bridgehead atoms. The van der Waals surface area contributed by atoms with E-state index in [9.17, 15) is 9.00 Å². The molecule has 0 fully saturated rings. The lowest BCUT2D eigenvalue weighted by atomic mass is 10.3. The fourth-order valence-electron chi connectivity index (χ4n) is 2.37. The molecule has 1 N–H and O–H groups in total. The highest BCUT2D eigenvalue weighted by Crippen LogP contribution is 2.20. The molecular formula is C13H12N6O3S. The third kappa shape index (κ3) is 2.27. The lowest BCUT2D eigenvalue weighted by Gasteiger charge is -2.30. The Kier molecular flexibility index (Phi) is 3.11. The molecule has 3 heterocycles. The molecule has 1 atom stereocenters. The van der Waals surface area contributed by atoms with E-state index in [0.29, 0.717) is 28.5 Å². The van der Waals surface area contributed by atoms with Crippen LogP contribution in [0.1, 0.15) is 5.89 Å². The zero-order chi connectivity index (χ0) is 16.0. The number of carbonyl (C=O) groups is 1. The van der Waals surface area contributed by atoms with Crippen LogP contribution in [0, 0.1) is 0 Å². The van der Waals surface area contributed by atoms with E-state index in [0.717, 1.165) is 0 Å². The van der Waals surface area contributed by atoms with Gasteiger partial charge in [-0.15, -0.1) is 5.10 Å². The number of hydrogen-bond acceptors (Lipinski definition) is 7. The quantitative estimate of drug-likeness (QED) is 0.880. The van der Waals surface area contributed by atoms with Gasteiger partial charge >= 0.3 is 6.03 Å². The average molecular weight is 332 g/mol. The van der Waals surface area contributed by atoms with Gasteiger partial charge in [0.15, 0.2) is 17.1 Å². The predicted octanol–water partition coefficient (Wildman–Crippen LogP) is 0.480. The molecule has 23 heavy (non-hydrogen) atoms. The smallest absolute Gasteiger partial charge is 0.348 e. The Balaban J connectivity index is 1.66. The number of hydrazone groups is 1. The van der Waals surface area contributed by atoms with Crippen LogP contribution in [-0.2, 0) is 10.8 Å². The number of rotatable bonds is 3. The first kappa shape index (κ1) is 13.9. The number of fused-ring (bicyclic) bond motifs is 2. The number of urea groups is 1. The summed E-state index contributed by atoms with van der Waals surface area (Å²) in [6.45, 7) is 0.125. The molecule has 118 valence electrons. The largest absolute Gasteiger partial charge is 0.435 e. The number of aromatic nitrogens is 1. The van der Waals surface area contributed by atoms with Crippen molar-refractivity contribution in [2.24, 2.45) is 10.1 Å². The number of carbonyl (C=O) groups excluding carboxylic acids is 1. The van der Waals surface area contributed by atoms with E-state index in [4.69, 9.17) is 4.42 Å². The molecule has 1 unspecified atom stereocenters. The van der Waals surface area contributed by atoms with Gasteiger partial charge in [0.2, 0.25) is 5.89 Å². The molecule has 9 nitrogen and oxygen atoms in total. The van der Waals surface area contributed by atoms with Gasteiger partial charge in [0.1, 0.15) is 18.1 Å². The minimum Gasteiger partial charge on any atom is -0.435 e. The van der Waals surface area contributed by atoms with Gasteiger partial charge in [0.05, 0.1) is 0 Å². The number of benzene rings is 1. The summed E-state index contributed by atoms with van der Waals surface area (Å²) in [6.07, 6.45) is 1.51. The number of amides is 2. The number of nitrogens with zero attached hydrogens (tertiary/aromatic N) is 5. The van der Waals surface area contributed by atoms with Crippen LogP contribution in [0.2, 0.25) is 0 Å². The number of amidine groups is 1. The fraction of sp³-hybridized carbons (Fsp3) is 0.231. The molecule has 0 radical (unpaired) electrons. The Hall–Kier alpha value is -2.75. The summed E-state index contributed by atoms with van der Waals surface area (Å²) in [5, 5.41) is 5.32. The summed E-state index contributed by atoms with van der Waals surface area (Å²) in [4.78, 5) is 22.4. The zero-order valence-electron chi connectivity index (χ0n) is 12.1. The van der Waals surface area contributed by atoms with Gasteiger partial charge in [0, 0.05) is 17.1 Å². The monoisotopic (exact) mass is 332 g/mol. The third-order valence-electron chi connectivity index (χ3n) is 3.38. The topological polar surface area (TPSA) is 103 Å². The standard InChI is InChI=1S/C13H12N6O3S/c1-23(21)7-19-13(20)18-6-14-10(11(18)16-17-19)12-15-8-4-2-3-5-9(8)22-12/h2-5,17H,6-7H2,1H3. The highest BCUT2D eigenvalue weighted by Gasteiger charge is 2.38. The molecule has 0 saturated carbocycles. The molecule has 4 rings (SSSR count). The van der Waals surface area contributed by atoms with Crippen molar-refractivity contribution >= 4 is 39.5 Å². The normalized spacial score (nSPS) is 18.6. The minimum absolute atomic E-state index is 0.0460. The van der Waals surface area contributed by atoms with Gasteiger partial charge in [0.25, 0.3) is 0 Å². The Morgan fingerprint density at radius 1 is 1.39 bits per heavy atom. The first-order valence-electron chi connectivity index (χ1n) is 6.76. The molecule has 0 saturated heterocycles. The van der Waals surface area contributed by atoms with Crippen LogP contribution in [-0.4, -0.2) is 55.5 Å². The van der Waals surface area contributed by atoms with E-state index >= 15 is 0 Å². The van der Waals surface area contributed by atoms with Crippen LogP contribution >= 0.6 is 0 Å². The molecule has 2 amide bonds. The highest BCUT2D eigenvalue weighted by molar-refractivity contribution is 7.84. The Labute approximate surface area is 133 Å².